The summed E-state index contributed by atoms with van der Waals surface area (Å²) in [5.41, 5.74) is 1.84. The Morgan fingerprint density at radius 3 is 1.19 bits per heavy atom. The molecule has 0 unspecified atom stereocenters. The maximum absolute atomic E-state index is 12.8. The fraction of sp³-hybridized carbons (Fsp3) is 0.417. The molecule has 196 valence electrons. The van der Waals surface area contributed by atoms with Crippen LogP contribution in [0.25, 0.3) is 0 Å². The van der Waals surface area contributed by atoms with Crippen LogP contribution in [0.3, 0.4) is 0 Å². The normalized spacial score (nSPS) is 16.4. The molecule has 2 aromatic carbocycles. The van der Waals surface area contributed by atoms with E-state index in [1.807, 2.05) is 13.8 Å². The Kier molecular flexibility index (Phi) is 8.55. The van der Waals surface area contributed by atoms with Gasteiger partial charge in [-0.25, -0.2) is 16.8 Å². The van der Waals surface area contributed by atoms with Gasteiger partial charge in [-0.15, -0.1) is 0 Å². The average Bonchev–Trinajstić information content (AvgIpc) is 2.83. The van der Waals surface area contributed by atoms with Gasteiger partial charge in [0.2, 0.25) is 31.9 Å². The molecule has 0 bridgehead atoms. The molecule has 1 aliphatic heterocycles. The Morgan fingerprint density at radius 1 is 0.639 bits per heavy atom. The number of carbonyl (C=O) groups is 2. The molecule has 3 rings (SSSR count). The molecular formula is C24H32N4O6S2. The van der Waals surface area contributed by atoms with Crippen LogP contribution in [0, 0.1) is 13.8 Å². The van der Waals surface area contributed by atoms with Gasteiger partial charge in [0.25, 0.3) is 0 Å². The van der Waals surface area contributed by atoms with Crippen LogP contribution in [-0.2, 0) is 29.6 Å². The summed E-state index contributed by atoms with van der Waals surface area (Å²) in [7, 11) is -7.73. The largest absolute Gasteiger partial charge is 0.338 e. The number of rotatable bonds is 8. The van der Waals surface area contributed by atoms with Gasteiger partial charge in [-0.05, 0) is 52.0 Å². The highest BCUT2D eigenvalue weighted by Gasteiger charge is 2.32. The fourth-order valence-electron chi connectivity index (χ4n) is 3.83. The molecule has 1 aliphatic rings. The van der Waals surface area contributed by atoms with E-state index in [0.717, 1.165) is 11.1 Å². The number of nitrogens with zero attached hydrogens (tertiary/aromatic N) is 2. The molecule has 2 N–H and O–H groups in total. The second-order valence-corrected chi connectivity index (χ2v) is 12.4. The smallest absolute Gasteiger partial charge is 0.241 e. The quantitative estimate of drug-likeness (QED) is 0.517. The van der Waals surface area contributed by atoms with E-state index in [1.165, 1.54) is 47.9 Å². The van der Waals surface area contributed by atoms with Crippen LogP contribution in [0.2, 0.25) is 0 Å². The first-order valence-electron chi connectivity index (χ1n) is 11.6. The summed E-state index contributed by atoms with van der Waals surface area (Å²) >= 11 is 0. The third-order valence-corrected chi connectivity index (χ3v) is 9.08. The van der Waals surface area contributed by atoms with Gasteiger partial charge < -0.3 is 9.80 Å². The number of piperazine rings is 1. The van der Waals surface area contributed by atoms with Crippen molar-refractivity contribution in [2.24, 2.45) is 0 Å². The molecule has 0 aliphatic carbocycles. The Labute approximate surface area is 212 Å². The first-order valence-corrected chi connectivity index (χ1v) is 14.5. The van der Waals surface area contributed by atoms with Crippen LogP contribution in [0.15, 0.2) is 58.3 Å². The molecule has 1 fully saturated rings. The molecule has 36 heavy (non-hydrogen) atoms. The number of sulfonamides is 2. The van der Waals surface area contributed by atoms with Crippen molar-refractivity contribution < 1.29 is 26.4 Å². The van der Waals surface area contributed by atoms with Crippen molar-refractivity contribution in [3.8, 4) is 0 Å². The van der Waals surface area contributed by atoms with Crippen molar-refractivity contribution in [3.05, 3.63) is 59.7 Å². The molecule has 2 atom stereocenters. The first-order chi connectivity index (χ1) is 16.8. The van der Waals surface area contributed by atoms with Crippen molar-refractivity contribution in [2.45, 2.75) is 49.6 Å². The minimum Gasteiger partial charge on any atom is -0.338 e. The Hall–Kier alpha value is -2.80. The number of benzene rings is 2. The first kappa shape index (κ1) is 27.8. The van der Waals surface area contributed by atoms with Crippen molar-refractivity contribution in [3.63, 3.8) is 0 Å². The summed E-state index contributed by atoms with van der Waals surface area (Å²) in [6.07, 6.45) is 0. The van der Waals surface area contributed by atoms with Crippen LogP contribution in [0.4, 0.5) is 0 Å². The van der Waals surface area contributed by atoms with Crippen molar-refractivity contribution in [1.82, 2.24) is 19.2 Å². The molecule has 0 aromatic heterocycles. The molecule has 0 spiro atoms. The third-order valence-electron chi connectivity index (χ3n) is 5.97. The number of aryl methyl sites for hydroxylation is 2. The molecule has 1 heterocycles. The van der Waals surface area contributed by atoms with E-state index in [4.69, 9.17) is 0 Å². The lowest BCUT2D eigenvalue weighted by atomic mass is 10.2. The molecule has 0 saturated carbocycles. The number of amides is 2. The summed E-state index contributed by atoms with van der Waals surface area (Å²) in [5.74, 6) is -0.795. The molecule has 2 aromatic rings. The molecule has 1 saturated heterocycles. The predicted molar refractivity (Wildman–Crippen MR) is 135 cm³/mol. The lowest BCUT2D eigenvalue weighted by Gasteiger charge is -2.37. The van der Waals surface area contributed by atoms with Gasteiger partial charge in [-0.2, -0.15) is 9.44 Å². The summed E-state index contributed by atoms with van der Waals surface area (Å²) in [6.45, 7) is 7.48. The standard InChI is InChI=1S/C24H32N4O6S2/c1-17-5-9-21(10-6-17)35(31,32)25-19(3)23(29)27-13-15-28(16-14-27)24(30)20(4)26-36(33,34)22-11-7-18(2)8-12-22/h5-12,19-20,25-26H,13-16H2,1-4H3/t19-,20-/m0/s1. The summed E-state index contributed by atoms with van der Waals surface area (Å²) in [4.78, 5) is 28.8. The molecule has 2 amide bonds. The minimum absolute atomic E-state index is 0.0743. The van der Waals surface area contributed by atoms with Crippen LogP contribution in [0.1, 0.15) is 25.0 Å². The van der Waals surface area contributed by atoms with Gasteiger partial charge >= 0.3 is 0 Å². The monoisotopic (exact) mass is 536 g/mol. The molecule has 0 radical (unpaired) electrons. The number of hydrogen-bond donors (Lipinski definition) is 2. The van der Waals surface area contributed by atoms with Crippen LogP contribution in [-0.4, -0.2) is 76.7 Å². The topological polar surface area (TPSA) is 133 Å². The van der Waals surface area contributed by atoms with E-state index in [9.17, 15) is 26.4 Å². The maximum Gasteiger partial charge on any atom is 0.241 e. The third kappa shape index (κ3) is 6.69. The van der Waals surface area contributed by atoms with Crippen LogP contribution >= 0.6 is 0 Å². The highest BCUT2D eigenvalue weighted by Crippen LogP contribution is 2.14. The van der Waals surface area contributed by atoms with Crippen LogP contribution < -0.4 is 9.44 Å². The van der Waals surface area contributed by atoms with Crippen LogP contribution in [0.5, 0.6) is 0 Å². The van der Waals surface area contributed by atoms with Gasteiger partial charge in [0.15, 0.2) is 0 Å². The second kappa shape index (κ2) is 11.1. The van der Waals surface area contributed by atoms with E-state index in [-0.39, 0.29) is 36.0 Å². The Bertz CT molecular complexity index is 1200. The van der Waals surface area contributed by atoms with Crippen molar-refractivity contribution in [2.75, 3.05) is 26.2 Å². The lowest BCUT2D eigenvalue weighted by Crippen LogP contribution is -2.57. The zero-order chi connectivity index (χ0) is 26.7. The van der Waals surface area contributed by atoms with E-state index in [0.29, 0.717) is 0 Å². The Balaban J connectivity index is 1.54. The van der Waals surface area contributed by atoms with Gasteiger partial charge in [-0.3, -0.25) is 9.59 Å². The maximum atomic E-state index is 12.8. The fourth-order valence-corrected chi connectivity index (χ4v) is 6.23. The second-order valence-electron chi connectivity index (χ2n) is 8.96. The SMILES string of the molecule is Cc1ccc(S(=O)(=O)N[C@@H](C)C(=O)N2CCN(C(=O)[C@H](C)NS(=O)(=O)c3ccc(C)cc3)CC2)cc1. The Morgan fingerprint density at radius 2 is 0.917 bits per heavy atom. The van der Waals surface area contributed by atoms with Crippen molar-refractivity contribution >= 4 is 31.9 Å². The average molecular weight is 537 g/mol. The van der Waals surface area contributed by atoms with Gasteiger partial charge in [0.1, 0.15) is 0 Å². The number of carbonyl (C=O) groups excluding carboxylic acids is 2. The van der Waals surface area contributed by atoms with E-state index < -0.39 is 43.9 Å². The number of hydrogen-bond acceptors (Lipinski definition) is 6. The van der Waals surface area contributed by atoms with E-state index in [1.54, 1.807) is 24.3 Å². The molecule has 10 nitrogen and oxygen atoms in total. The predicted octanol–water partition coefficient (Wildman–Crippen LogP) is 1.01. The summed E-state index contributed by atoms with van der Waals surface area (Å²) in [5, 5.41) is 0. The van der Waals surface area contributed by atoms with Gasteiger partial charge in [0, 0.05) is 26.2 Å². The highest BCUT2D eigenvalue weighted by atomic mass is 32.2. The zero-order valence-corrected chi connectivity index (χ0v) is 22.4. The highest BCUT2D eigenvalue weighted by molar-refractivity contribution is 7.89. The lowest BCUT2D eigenvalue weighted by molar-refractivity contribution is -0.140. The van der Waals surface area contributed by atoms with E-state index >= 15 is 0 Å². The molecule has 12 heteroatoms. The summed E-state index contributed by atoms with van der Waals surface area (Å²) in [6, 6.07) is 10.7. The minimum atomic E-state index is -3.87. The molecular weight excluding hydrogens is 504 g/mol. The van der Waals surface area contributed by atoms with Gasteiger partial charge in [-0.1, -0.05) is 35.4 Å². The van der Waals surface area contributed by atoms with Crippen molar-refractivity contribution in [1.29, 1.82) is 0 Å². The summed E-state index contributed by atoms with van der Waals surface area (Å²) < 4.78 is 55.2. The number of nitrogens with one attached hydrogen (secondary N) is 2. The van der Waals surface area contributed by atoms with E-state index in [2.05, 4.69) is 9.44 Å². The van der Waals surface area contributed by atoms with Gasteiger partial charge in [0.05, 0.1) is 21.9 Å². The zero-order valence-electron chi connectivity index (χ0n) is 20.8.